The van der Waals surface area contributed by atoms with Gasteiger partial charge < -0.3 is 19.7 Å². The van der Waals surface area contributed by atoms with Crippen LogP contribution >= 0.6 is 0 Å². The van der Waals surface area contributed by atoms with Gasteiger partial charge in [-0.2, -0.15) is 0 Å². The Morgan fingerprint density at radius 2 is 2.30 bits per heavy atom. The van der Waals surface area contributed by atoms with E-state index in [1.807, 2.05) is 11.5 Å². The van der Waals surface area contributed by atoms with Crippen LogP contribution in [0.15, 0.2) is 25.2 Å². The van der Waals surface area contributed by atoms with E-state index in [0.29, 0.717) is 5.69 Å². The van der Waals surface area contributed by atoms with Crippen LogP contribution in [0.25, 0.3) is 0 Å². The molecule has 0 aliphatic heterocycles. The van der Waals surface area contributed by atoms with Gasteiger partial charge in [0.25, 0.3) is 0 Å². The second-order valence-electron chi connectivity index (χ2n) is 5.58. The van der Waals surface area contributed by atoms with Gasteiger partial charge in [0.1, 0.15) is 5.60 Å². The number of rotatable bonds is 5. The number of carbonyl (C=O) groups is 1. The molecule has 1 aromatic rings. The lowest BCUT2D eigenvalue weighted by atomic mass is 10.2. The van der Waals surface area contributed by atoms with Gasteiger partial charge in [0.15, 0.2) is 0 Å². The van der Waals surface area contributed by atoms with Crippen molar-refractivity contribution in [3.05, 3.63) is 30.9 Å². The highest BCUT2D eigenvalue weighted by atomic mass is 16.6. The third kappa shape index (κ3) is 4.38. The summed E-state index contributed by atoms with van der Waals surface area (Å²) >= 11 is 0. The standard InChI is InChI=1S/C14H23N3O3/c1-6-10(2)17-9-15-7-12(17)11(8-18)16-13(19)20-14(3,4)5/h6-7,9-11,18H,1,8H2,2-5H3,(H,16,19). The largest absolute Gasteiger partial charge is 0.444 e. The molecule has 1 amide bonds. The van der Waals surface area contributed by atoms with Crippen molar-refractivity contribution < 1.29 is 14.6 Å². The number of alkyl carbamates (subject to hydrolysis) is 1. The maximum absolute atomic E-state index is 11.8. The number of carbonyl (C=O) groups excluding carboxylic acids is 1. The number of ether oxygens (including phenoxy) is 1. The van der Waals surface area contributed by atoms with Crippen molar-refractivity contribution in [3.63, 3.8) is 0 Å². The molecule has 0 saturated carbocycles. The van der Waals surface area contributed by atoms with Gasteiger partial charge in [-0.05, 0) is 27.7 Å². The van der Waals surface area contributed by atoms with Crippen molar-refractivity contribution in [2.75, 3.05) is 6.61 Å². The molecule has 0 fully saturated rings. The molecule has 0 spiro atoms. The number of hydrogen-bond acceptors (Lipinski definition) is 4. The van der Waals surface area contributed by atoms with Gasteiger partial charge in [-0.15, -0.1) is 6.58 Å². The first-order valence-corrected chi connectivity index (χ1v) is 6.53. The summed E-state index contributed by atoms with van der Waals surface area (Å²) in [7, 11) is 0. The maximum Gasteiger partial charge on any atom is 0.408 e. The molecule has 1 heterocycles. The molecule has 6 nitrogen and oxygen atoms in total. The number of nitrogens with zero attached hydrogens (tertiary/aromatic N) is 2. The van der Waals surface area contributed by atoms with Crippen molar-refractivity contribution in [3.8, 4) is 0 Å². The van der Waals surface area contributed by atoms with Crippen LogP contribution in [0.3, 0.4) is 0 Å². The van der Waals surface area contributed by atoms with Crippen molar-refractivity contribution in [2.24, 2.45) is 0 Å². The molecule has 0 bridgehead atoms. The van der Waals surface area contributed by atoms with Gasteiger partial charge in [-0.1, -0.05) is 6.08 Å². The van der Waals surface area contributed by atoms with E-state index in [1.54, 1.807) is 39.4 Å². The van der Waals surface area contributed by atoms with Crippen LogP contribution in [-0.4, -0.2) is 33.0 Å². The molecular formula is C14H23N3O3. The highest BCUT2D eigenvalue weighted by Gasteiger charge is 2.22. The Labute approximate surface area is 119 Å². The fraction of sp³-hybridized carbons (Fsp3) is 0.571. The zero-order valence-electron chi connectivity index (χ0n) is 12.5. The maximum atomic E-state index is 11.8. The first kappa shape index (κ1) is 16.2. The number of imidazole rings is 1. The molecule has 0 aliphatic carbocycles. The highest BCUT2D eigenvalue weighted by molar-refractivity contribution is 5.68. The first-order chi connectivity index (χ1) is 9.28. The number of hydrogen-bond donors (Lipinski definition) is 2. The van der Waals surface area contributed by atoms with Gasteiger partial charge in [0.2, 0.25) is 0 Å². The Hall–Kier alpha value is -1.82. The van der Waals surface area contributed by atoms with E-state index in [0.717, 1.165) is 0 Å². The van der Waals surface area contributed by atoms with Crippen LogP contribution in [0.1, 0.15) is 45.5 Å². The summed E-state index contributed by atoms with van der Waals surface area (Å²) in [5, 5.41) is 12.1. The predicted octanol–water partition coefficient (Wildman–Crippen LogP) is 2.19. The van der Waals surface area contributed by atoms with Crippen molar-refractivity contribution >= 4 is 6.09 Å². The minimum absolute atomic E-state index is 0.0157. The molecular weight excluding hydrogens is 258 g/mol. The summed E-state index contributed by atoms with van der Waals surface area (Å²) in [5.74, 6) is 0. The molecule has 20 heavy (non-hydrogen) atoms. The normalized spacial score (nSPS) is 14.4. The highest BCUT2D eigenvalue weighted by Crippen LogP contribution is 2.18. The Balaban J connectivity index is 2.84. The van der Waals surface area contributed by atoms with E-state index in [1.165, 1.54) is 0 Å². The van der Waals surface area contributed by atoms with Gasteiger partial charge in [-0.25, -0.2) is 9.78 Å². The third-order valence-corrected chi connectivity index (χ3v) is 2.71. The van der Waals surface area contributed by atoms with Crippen molar-refractivity contribution in [1.29, 1.82) is 0 Å². The van der Waals surface area contributed by atoms with E-state index < -0.39 is 17.7 Å². The fourth-order valence-electron chi connectivity index (χ4n) is 1.70. The number of amides is 1. The van der Waals surface area contributed by atoms with Crippen LogP contribution < -0.4 is 5.32 Å². The molecule has 6 heteroatoms. The number of aromatic nitrogens is 2. The van der Waals surface area contributed by atoms with Gasteiger partial charge >= 0.3 is 6.09 Å². The SMILES string of the molecule is C=CC(C)n1cncc1C(CO)NC(=O)OC(C)(C)C. The van der Waals surface area contributed by atoms with Crippen LogP contribution in [0, 0.1) is 0 Å². The average molecular weight is 281 g/mol. The molecule has 0 aromatic carbocycles. The van der Waals surface area contributed by atoms with Crippen LogP contribution in [-0.2, 0) is 4.74 Å². The van der Waals surface area contributed by atoms with E-state index in [4.69, 9.17) is 4.74 Å². The van der Waals surface area contributed by atoms with Gasteiger partial charge in [0.05, 0.1) is 30.9 Å². The summed E-state index contributed by atoms with van der Waals surface area (Å²) in [6.45, 7) is 10.8. The summed E-state index contributed by atoms with van der Waals surface area (Å²) in [5.41, 5.74) is 0.115. The van der Waals surface area contributed by atoms with E-state index in [9.17, 15) is 9.90 Å². The van der Waals surface area contributed by atoms with Gasteiger partial charge in [-0.3, -0.25) is 0 Å². The Kier molecular flexibility index (Phi) is 5.33. The summed E-state index contributed by atoms with van der Waals surface area (Å²) in [6.07, 6.45) is 4.43. The summed E-state index contributed by atoms with van der Waals surface area (Å²) in [6, 6.07) is -0.559. The van der Waals surface area contributed by atoms with E-state index >= 15 is 0 Å². The predicted molar refractivity (Wildman–Crippen MR) is 76.3 cm³/mol. The lowest BCUT2D eigenvalue weighted by Crippen LogP contribution is -2.37. The van der Waals surface area contributed by atoms with Crippen LogP contribution in [0.2, 0.25) is 0 Å². The van der Waals surface area contributed by atoms with Crippen LogP contribution in [0.4, 0.5) is 4.79 Å². The summed E-state index contributed by atoms with van der Waals surface area (Å²) < 4.78 is 7.02. The zero-order chi connectivity index (χ0) is 15.3. The minimum atomic E-state index is -0.585. The number of allylic oxidation sites excluding steroid dienone is 1. The number of aliphatic hydroxyl groups is 1. The minimum Gasteiger partial charge on any atom is -0.444 e. The molecule has 0 radical (unpaired) electrons. The molecule has 0 saturated heterocycles. The van der Waals surface area contributed by atoms with E-state index in [-0.39, 0.29) is 12.6 Å². The molecule has 0 aliphatic rings. The first-order valence-electron chi connectivity index (χ1n) is 6.53. The van der Waals surface area contributed by atoms with Crippen molar-refractivity contribution in [2.45, 2.75) is 45.4 Å². The van der Waals surface area contributed by atoms with Crippen LogP contribution in [0.5, 0.6) is 0 Å². The molecule has 2 atom stereocenters. The van der Waals surface area contributed by atoms with Gasteiger partial charge in [0, 0.05) is 6.04 Å². The lowest BCUT2D eigenvalue weighted by Gasteiger charge is -2.24. The number of aliphatic hydroxyl groups excluding tert-OH is 1. The lowest BCUT2D eigenvalue weighted by molar-refractivity contribution is 0.0478. The topological polar surface area (TPSA) is 76.4 Å². The Morgan fingerprint density at radius 3 is 2.80 bits per heavy atom. The molecule has 2 unspecified atom stereocenters. The molecule has 1 aromatic heterocycles. The summed E-state index contributed by atoms with van der Waals surface area (Å²) in [4.78, 5) is 15.8. The molecule has 112 valence electrons. The third-order valence-electron chi connectivity index (χ3n) is 2.71. The Morgan fingerprint density at radius 1 is 1.65 bits per heavy atom. The second-order valence-corrected chi connectivity index (χ2v) is 5.58. The zero-order valence-corrected chi connectivity index (χ0v) is 12.5. The quantitative estimate of drug-likeness (QED) is 0.811. The second kappa shape index (κ2) is 6.56. The Bertz CT molecular complexity index is 462. The van der Waals surface area contributed by atoms with Crippen molar-refractivity contribution in [1.82, 2.24) is 14.9 Å². The monoisotopic (exact) mass is 281 g/mol. The molecule has 1 rings (SSSR count). The number of nitrogens with one attached hydrogen (secondary N) is 1. The van der Waals surface area contributed by atoms with E-state index in [2.05, 4.69) is 16.9 Å². The average Bonchev–Trinajstić information content (AvgIpc) is 2.81. The molecule has 2 N–H and O–H groups in total. The fourth-order valence-corrected chi connectivity index (χ4v) is 1.70. The smallest absolute Gasteiger partial charge is 0.408 e.